The Balaban J connectivity index is 0.00000220. The van der Waals surface area contributed by atoms with Crippen molar-refractivity contribution in [2.45, 2.75) is 51.5 Å². The second-order valence-corrected chi connectivity index (χ2v) is 8.15. The summed E-state index contributed by atoms with van der Waals surface area (Å²) in [5.41, 5.74) is -3.35. The van der Waals surface area contributed by atoms with Crippen LogP contribution in [0.25, 0.3) is 10.1 Å². The first-order valence-corrected chi connectivity index (χ1v) is 8.03. The molecule has 0 fully saturated rings. The van der Waals surface area contributed by atoms with Gasteiger partial charge in [-0.05, 0) is 23.5 Å². The van der Waals surface area contributed by atoms with Crippen LogP contribution in [0.15, 0.2) is 24.3 Å². The van der Waals surface area contributed by atoms with E-state index in [4.69, 9.17) is 0 Å². The fourth-order valence-corrected chi connectivity index (χ4v) is 4.45. The van der Waals surface area contributed by atoms with Gasteiger partial charge < -0.3 is 17.0 Å². The number of aryl methyl sites for hydroxylation is 1. The molecule has 1 aromatic carbocycles. The molecule has 2 aromatic rings. The van der Waals surface area contributed by atoms with Crippen molar-refractivity contribution < 1.29 is 30.2 Å². The van der Waals surface area contributed by atoms with Crippen LogP contribution in [0.2, 0.25) is 0 Å². The summed E-state index contributed by atoms with van der Waals surface area (Å²) < 4.78 is 40.7. The Morgan fingerprint density at radius 1 is 1.05 bits per heavy atom. The maximum atomic E-state index is 13.4. The number of thiophene rings is 1. The Hall–Kier alpha value is -0.550. The first-order chi connectivity index (χ1) is 9.14. The molecule has 0 aliphatic carbocycles. The first kappa shape index (κ1) is 18.5. The van der Waals surface area contributed by atoms with Crippen LogP contribution in [-0.4, -0.2) is 0 Å². The molecule has 0 saturated carbocycles. The molecule has 1 unspecified atom stereocenters. The van der Waals surface area contributed by atoms with E-state index in [1.807, 2.05) is 39.8 Å². The van der Waals surface area contributed by atoms with Crippen LogP contribution in [0.5, 0.6) is 0 Å². The van der Waals surface area contributed by atoms with Crippen molar-refractivity contribution >= 4 is 20.6 Å². The van der Waals surface area contributed by atoms with E-state index in [0.717, 1.165) is 17.4 Å². The van der Waals surface area contributed by atoms with Crippen LogP contribution >= 0.6 is 10.5 Å². The van der Waals surface area contributed by atoms with E-state index >= 15 is 0 Å². The Morgan fingerprint density at radius 3 is 2.14 bits per heavy atom. The van der Waals surface area contributed by atoms with Crippen molar-refractivity contribution in [1.82, 2.24) is 0 Å². The predicted octanol–water partition coefficient (Wildman–Crippen LogP) is 3.32. The van der Waals surface area contributed by atoms with E-state index in [2.05, 4.69) is 0 Å². The zero-order valence-electron chi connectivity index (χ0n) is 12.6. The predicted molar refractivity (Wildman–Crippen MR) is 80.4 cm³/mol. The Morgan fingerprint density at radius 2 is 1.67 bits per heavy atom. The SMILES string of the molecule is CCCc1cc2ccc(C(C)(C)C)cc2[s+]1C(F)(F)F.[Br-]. The summed E-state index contributed by atoms with van der Waals surface area (Å²) in [7, 11) is -1.74. The lowest BCUT2D eigenvalue weighted by atomic mass is 9.87. The minimum Gasteiger partial charge on any atom is -1.00 e. The summed E-state index contributed by atoms with van der Waals surface area (Å²) in [6.07, 6.45) is 1.26. The summed E-state index contributed by atoms with van der Waals surface area (Å²) >= 11 is 0. The average molecular weight is 381 g/mol. The number of alkyl halides is 3. The van der Waals surface area contributed by atoms with Gasteiger partial charge >= 0.3 is 5.51 Å². The lowest BCUT2D eigenvalue weighted by Gasteiger charge is -2.18. The van der Waals surface area contributed by atoms with E-state index in [0.29, 0.717) is 16.0 Å². The number of rotatable bonds is 2. The summed E-state index contributed by atoms with van der Waals surface area (Å²) in [5, 5.41) is 0.738. The molecule has 0 amide bonds. The molecule has 0 nitrogen and oxygen atoms in total. The third-order valence-electron chi connectivity index (χ3n) is 3.41. The summed E-state index contributed by atoms with van der Waals surface area (Å²) in [5.74, 6) is 0. The highest BCUT2D eigenvalue weighted by Crippen LogP contribution is 2.51. The van der Waals surface area contributed by atoms with Crippen LogP contribution in [-0.2, 0) is 17.3 Å². The highest BCUT2D eigenvalue weighted by molar-refractivity contribution is 7.38. The highest BCUT2D eigenvalue weighted by Gasteiger charge is 2.47. The van der Waals surface area contributed by atoms with E-state index in [-0.39, 0.29) is 22.4 Å². The summed E-state index contributed by atoms with van der Waals surface area (Å²) in [4.78, 5) is 0.529. The third kappa shape index (κ3) is 3.81. The Kier molecular flexibility index (Phi) is 5.54. The monoisotopic (exact) mass is 380 g/mol. The van der Waals surface area contributed by atoms with Gasteiger partial charge in [0.2, 0.25) is 0 Å². The van der Waals surface area contributed by atoms with Gasteiger partial charge in [0.1, 0.15) is 0 Å². The quantitative estimate of drug-likeness (QED) is 0.701. The van der Waals surface area contributed by atoms with E-state index in [9.17, 15) is 13.2 Å². The van der Waals surface area contributed by atoms with Crippen LogP contribution in [0.4, 0.5) is 13.2 Å². The Bertz CT molecular complexity index is 621. The maximum absolute atomic E-state index is 13.4. The lowest BCUT2D eigenvalue weighted by molar-refractivity contribution is -0.0867. The van der Waals surface area contributed by atoms with Gasteiger partial charge in [-0.25, -0.2) is 0 Å². The van der Waals surface area contributed by atoms with Gasteiger partial charge in [-0.15, -0.1) is 13.2 Å². The summed E-state index contributed by atoms with van der Waals surface area (Å²) in [6, 6.07) is 7.28. The number of hydrogen-bond acceptors (Lipinski definition) is 0. The van der Waals surface area contributed by atoms with Crippen molar-refractivity contribution in [1.29, 1.82) is 0 Å². The average Bonchev–Trinajstić information content (AvgIpc) is 2.64. The molecule has 2 rings (SSSR count). The molecule has 0 spiro atoms. The zero-order valence-corrected chi connectivity index (χ0v) is 15.0. The normalized spacial score (nSPS) is 13.4. The molecule has 0 radical (unpaired) electrons. The van der Waals surface area contributed by atoms with Crippen LogP contribution in [0, 0.1) is 0 Å². The number of fused-ring (bicyclic) bond motifs is 1. The van der Waals surface area contributed by atoms with Crippen molar-refractivity contribution in [2.24, 2.45) is 0 Å². The molecule has 21 heavy (non-hydrogen) atoms. The van der Waals surface area contributed by atoms with Gasteiger partial charge in [-0.1, -0.05) is 33.8 Å². The smallest absolute Gasteiger partial charge is 0.600 e. The topological polar surface area (TPSA) is 0 Å². The molecule has 1 atom stereocenters. The molecule has 1 heterocycles. The third-order valence-corrected chi connectivity index (χ3v) is 5.51. The van der Waals surface area contributed by atoms with E-state index < -0.39 is 16.0 Å². The van der Waals surface area contributed by atoms with Crippen molar-refractivity contribution in [3.63, 3.8) is 0 Å². The number of benzene rings is 1. The molecule has 0 aliphatic heterocycles. The lowest BCUT2D eigenvalue weighted by Crippen LogP contribution is -3.00. The van der Waals surface area contributed by atoms with E-state index in [1.165, 1.54) is 0 Å². The molecule has 0 aliphatic rings. The van der Waals surface area contributed by atoms with Crippen LogP contribution in [0.3, 0.4) is 0 Å². The van der Waals surface area contributed by atoms with Gasteiger partial charge in [0, 0.05) is 23.9 Å². The summed E-state index contributed by atoms with van der Waals surface area (Å²) in [6.45, 7) is 7.99. The fourth-order valence-electron chi connectivity index (χ4n) is 2.36. The molecule has 0 saturated heterocycles. The largest absolute Gasteiger partial charge is 1.00 e. The second kappa shape index (κ2) is 6.29. The van der Waals surface area contributed by atoms with Gasteiger partial charge in [0.05, 0.1) is 10.5 Å². The molecule has 1 aromatic heterocycles. The maximum Gasteiger partial charge on any atom is 0.600 e. The van der Waals surface area contributed by atoms with E-state index in [1.54, 1.807) is 12.1 Å². The molecule has 5 heteroatoms. The van der Waals surface area contributed by atoms with Gasteiger partial charge in [-0.2, -0.15) is 0 Å². The minimum atomic E-state index is -4.18. The van der Waals surface area contributed by atoms with Gasteiger partial charge in [0.15, 0.2) is 9.58 Å². The van der Waals surface area contributed by atoms with Crippen molar-refractivity contribution in [3.05, 3.63) is 34.7 Å². The standard InChI is InChI=1S/C16H20F3S.BrH/c1-5-6-13-9-11-7-8-12(15(2,3)4)10-14(11)20(13)16(17,18)19;/h7-10H,5-6H2,1-4H3;1H/q+1;/p-1. The fraction of sp³-hybridized carbons (Fsp3) is 0.500. The minimum absolute atomic E-state index is 0. The molecule has 118 valence electrons. The zero-order chi connectivity index (χ0) is 15.1. The van der Waals surface area contributed by atoms with Gasteiger partial charge in [-0.3, -0.25) is 0 Å². The Labute approximate surface area is 137 Å². The molecule has 0 N–H and O–H groups in total. The van der Waals surface area contributed by atoms with Crippen molar-refractivity contribution in [3.8, 4) is 0 Å². The van der Waals surface area contributed by atoms with Crippen LogP contribution in [0.1, 0.15) is 44.6 Å². The first-order valence-electron chi connectivity index (χ1n) is 6.81. The van der Waals surface area contributed by atoms with Crippen LogP contribution < -0.4 is 17.0 Å². The number of hydrogen-bond donors (Lipinski definition) is 0. The molecule has 0 bridgehead atoms. The van der Waals surface area contributed by atoms with Gasteiger partial charge in [0.25, 0.3) is 0 Å². The molecular weight excluding hydrogens is 361 g/mol. The second-order valence-electron chi connectivity index (χ2n) is 6.12. The highest BCUT2D eigenvalue weighted by atomic mass is 79.9. The molecular formula is C16H20BrF3S. The van der Waals surface area contributed by atoms with Crippen molar-refractivity contribution in [2.75, 3.05) is 0 Å². The number of halogens is 4.